The molecule has 0 bridgehead atoms. The molecule has 9 nitrogen and oxygen atoms in total. The highest BCUT2D eigenvalue weighted by Gasteiger charge is 2.21. The molecule has 0 heterocycles. The number of phosphoric ester groups is 1. The summed E-state index contributed by atoms with van der Waals surface area (Å²) in [5.74, 6) is -0.851. The van der Waals surface area contributed by atoms with Gasteiger partial charge in [-0.05, 0) is 83.5 Å². The number of ether oxygens (including phenoxy) is 2. The van der Waals surface area contributed by atoms with E-state index >= 15 is 0 Å². The molecule has 2 unspecified atom stereocenters. The number of carbonyl (C=O) groups is 2. The lowest BCUT2D eigenvalue weighted by molar-refractivity contribution is -0.870. The van der Waals surface area contributed by atoms with Crippen molar-refractivity contribution >= 4 is 19.8 Å². The SMILES string of the molecule is CC/C=C\C/C=C\C/C=C\C/C=C\C/C=C\CCCCCCCCCCCC(=O)OC(COC(=O)CCCCCCC/C=C\CCCCCCCCC)COP(=O)([O-])OCC[N+](C)(C)C. The minimum atomic E-state index is -4.64. The van der Waals surface area contributed by atoms with Crippen molar-refractivity contribution in [2.24, 2.45) is 0 Å². The van der Waals surface area contributed by atoms with Crippen LogP contribution in [0.1, 0.15) is 213 Å². The Morgan fingerprint density at radius 1 is 0.492 bits per heavy atom. The first kappa shape index (κ1) is 62.4. The molecule has 2 atom stereocenters. The Balaban J connectivity index is 4.26. The number of nitrogens with zero attached hydrogens (tertiary/aromatic N) is 1. The maximum Gasteiger partial charge on any atom is 0.306 e. The molecular formula is C55H98NO8P. The second-order valence-corrected chi connectivity index (χ2v) is 19.9. The zero-order valence-electron chi connectivity index (χ0n) is 42.4. The number of allylic oxidation sites excluding steroid dienone is 12. The zero-order valence-corrected chi connectivity index (χ0v) is 43.3. The van der Waals surface area contributed by atoms with Gasteiger partial charge in [0.1, 0.15) is 19.8 Å². The van der Waals surface area contributed by atoms with E-state index in [1.54, 1.807) is 0 Å². The third-order valence-electron chi connectivity index (χ3n) is 11.0. The number of carbonyl (C=O) groups excluding carboxylic acids is 2. The molecule has 0 aliphatic heterocycles. The van der Waals surface area contributed by atoms with Crippen molar-refractivity contribution in [1.82, 2.24) is 0 Å². The van der Waals surface area contributed by atoms with E-state index in [2.05, 4.69) is 86.8 Å². The molecule has 0 amide bonds. The molecule has 0 saturated heterocycles. The largest absolute Gasteiger partial charge is 0.756 e. The van der Waals surface area contributed by atoms with E-state index in [9.17, 15) is 19.0 Å². The Bertz CT molecular complexity index is 1330. The Labute approximate surface area is 399 Å². The molecule has 0 radical (unpaired) electrons. The predicted molar refractivity (Wildman–Crippen MR) is 273 cm³/mol. The minimum absolute atomic E-state index is 0.0362. The van der Waals surface area contributed by atoms with Gasteiger partial charge in [-0.1, -0.05) is 189 Å². The molecule has 0 aliphatic carbocycles. The molecule has 0 aromatic heterocycles. The van der Waals surface area contributed by atoms with Gasteiger partial charge in [-0.2, -0.15) is 0 Å². The van der Waals surface area contributed by atoms with Gasteiger partial charge in [0.15, 0.2) is 6.10 Å². The fourth-order valence-corrected chi connectivity index (χ4v) is 7.64. The van der Waals surface area contributed by atoms with E-state index in [4.69, 9.17) is 18.5 Å². The molecule has 0 saturated carbocycles. The lowest BCUT2D eigenvalue weighted by Gasteiger charge is -2.28. The van der Waals surface area contributed by atoms with E-state index in [0.717, 1.165) is 96.3 Å². The van der Waals surface area contributed by atoms with Crippen molar-refractivity contribution in [2.45, 2.75) is 219 Å². The van der Waals surface area contributed by atoms with Gasteiger partial charge in [-0.25, -0.2) is 0 Å². The standard InChI is InChI=1S/C55H98NO8P/c1-6-8-10-12-14-16-18-20-22-24-25-26-27-28-29-30-31-32-34-36-38-40-42-44-46-48-55(58)64-53(52-63-65(59,60)62-50-49-56(3,4)5)51-61-54(57)47-45-43-41-39-37-35-33-23-21-19-17-15-13-11-9-7-2/h8,10,14,16,20,22-23,25-26,28-29,33,53H,6-7,9,11-13,15,17-19,21,24,27,30-32,34-52H2,1-5H3/b10-8-,16-14-,22-20-,26-25-,29-28-,33-23-. The maximum absolute atomic E-state index is 12.8. The first-order chi connectivity index (χ1) is 31.5. The molecule has 65 heavy (non-hydrogen) atoms. The molecule has 0 spiro atoms. The van der Waals surface area contributed by atoms with Crippen LogP contribution in [0, 0.1) is 0 Å². The van der Waals surface area contributed by atoms with Crippen LogP contribution in [0.4, 0.5) is 0 Å². The molecule has 0 aromatic carbocycles. The van der Waals surface area contributed by atoms with Crippen molar-refractivity contribution in [3.8, 4) is 0 Å². The second-order valence-electron chi connectivity index (χ2n) is 18.5. The number of rotatable bonds is 47. The third kappa shape index (κ3) is 50.7. The topological polar surface area (TPSA) is 111 Å². The highest BCUT2D eigenvalue weighted by atomic mass is 31.2. The van der Waals surface area contributed by atoms with Gasteiger partial charge in [0.05, 0.1) is 27.7 Å². The van der Waals surface area contributed by atoms with Gasteiger partial charge in [-0.3, -0.25) is 14.2 Å². The molecular weight excluding hydrogens is 834 g/mol. The van der Waals surface area contributed by atoms with Gasteiger partial charge in [0, 0.05) is 12.8 Å². The predicted octanol–water partition coefficient (Wildman–Crippen LogP) is 15.1. The fraction of sp³-hybridized carbons (Fsp3) is 0.745. The number of phosphoric acid groups is 1. The number of hydrogen-bond acceptors (Lipinski definition) is 8. The number of esters is 2. The number of likely N-dealkylation sites (N-methyl/N-ethyl adjacent to an activating group) is 1. The summed E-state index contributed by atoms with van der Waals surface area (Å²) in [5.41, 5.74) is 0. The lowest BCUT2D eigenvalue weighted by atomic mass is 10.1. The van der Waals surface area contributed by atoms with E-state index in [0.29, 0.717) is 17.4 Å². The van der Waals surface area contributed by atoms with Gasteiger partial charge >= 0.3 is 11.9 Å². The number of unbranched alkanes of at least 4 members (excludes halogenated alkanes) is 21. The third-order valence-corrected chi connectivity index (χ3v) is 11.9. The van der Waals surface area contributed by atoms with Crippen LogP contribution in [0.2, 0.25) is 0 Å². The molecule has 0 aromatic rings. The number of hydrogen-bond donors (Lipinski definition) is 0. The van der Waals surface area contributed by atoms with Gasteiger partial charge in [-0.15, -0.1) is 0 Å². The highest BCUT2D eigenvalue weighted by Crippen LogP contribution is 2.38. The normalized spacial score (nSPS) is 14.0. The smallest absolute Gasteiger partial charge is 0.306 e. The van der Waals surface area contributed by atoms with Crippen LogP contribution in [-0.2, 0) is 32.7 Å². The fourth-order valence-electron chi connectivity index (χ4n) is 6.91. The Kier molecular flexibility index (Phi) is 44.7. The summed E-state index contributed by atoms with van der Waals surface area (Å²) in [5, 5.41) is 0. The summed E-state index contributed by atoms with van der Waals surface area (Å²) in [4.78, 5) is 37.7. The van der Waals surface area contributed by atoms with Crippen LogP contribution in [0.25, 0.3) is 0 Å². The van der Waals surface area contributed by atoms with E-state index < -0.39 is 32.5 Å². The Morgan fingerprint density at radius 2 is 0.877 bits per heavy atom. The van der Waals surface area contributed by atoms with Gasteiger partial charge in [0.25, 0.3) is 7.82 Å². The number of quaternary nitrogens is 1. The summed E-state index contributed by atoms with van der Waals surface area (Å²) in [6.07, 6.45) is 59.3. The Hall–Kier alpha value is -2.55. The van der Waals surface area contributed by atoms with Crippen LogP contribution in [-0.4, -0.2) is 70.0 Å². The molecule has 10 heteroatoms. The summed E-state index contributed by atoms with van der Waals surface area (Å²) in [7, 11) is 1.15. The van der Waals surface area contributed by atoms with Crippen LogP contribution in [0.5, 0.6) is 0 Å². The van der Waals surface area contributed by atoms with Gasteiger partial charge < -0.3 is 27.9 Å². The summed E-state index contributed by atoms with van der Waals surface area (Å²) in [6, 6.07) is 0. The first-order valence-corrected chi connectivity index (χ1v) is 27.6. The average Bonchev–Trinajstić information content (AvgIpc) is 3.26. The quantitative estimate of drug-likeness (QED) is 0.0195. The van der Waals surface area contributed by atoms with E-state index in [-0.39, 0.29) is 26.1 Å². The van der Waals surface area contributed by atoms with Crippen LogP contribution in [0.3, 0.4) is 0 Å². The van der Waals surface area contributed by atoms with Crippen LogP contribution < -0.4 is 4.89 Å². The molecule has 0 fully saturated rings. The summed E-state index contributed by atoms with van der Waals surface area (Å²) < 4.78 is 34.0. The van der Waals surface area contributed by atoms with E-state index in [1.165, 1.54) is 83.5 Å². The van der Waals surface area contributed by atoms with Crippen molar-refractivity contribution < 1.29 is 42.1 Å². The lowest BCUT2D eigenvalue weighted by Crippen LogP contribution is -2.37. The first-order valence-electron chi connectivity index (χ1n) is 26.1. The molecule has 0 N–H and O–H groups in total. The maximum atomic E-state index is 12.8. The highest BCUT2D eigenvalue weighted by molar-refractivity contribution is 7.45. The van der Waals surface area contributed by atoms with Crippen LogP contribution >= 0.6 is 7.82 Å². The van der Waals surface area contributed by atoms with Crippen molar-refractivity contribution in [2.75, 3.05) is 47.5 Å². The Morgan fingerprint density at radius 3 is 1.32 bits per heavy atom. The summed E-state index contributed by atoms with van der Waals surface area (Å²) >= 11 is 0. The minimum Gasteiger partial charge on any atom is -0.756 e. The average molecular weight is 932 g/mol. The second kappa shape index (κ2) is 46.6. The van der Waals surface area contributed by atoms with Crippen LogP contribution in [0.15, 0.2) is 72.9 Å². The molecule has 376 valence electrons. The summed E-state index contributed by atoms with van der Waals surface area (Å²) in [6.45, 7) is 4.10. The van der Waals surface area contributed by atoms with Gasteiger partial charge in [0.2, 0.25) is 0 Å². The van der Waals surface area contributed by atoms with Crippen molar-refractivity contribution in [3.63, 3.8) is 0 Å². The molecule has 0 aliphatic rings. The molecule has 0 rings (SSSR count). The van der Waals surface area contributed by atoms with E-state index in [1.807, 2.05) is 21.1 Å². The monoisotopic (exact) mass is 932 g/mol. The van der Waals surface area contributed by atoms with Crippen molar-refractivity contribution in [1.29, 1.82) is 0 Å². The zero-order chi connectivity index (χ0) is 47.8. The van der Waals surface area contributed by atoms with Crippen molar-refractivity contribution in [3.05, 3.63) is 72.9 Å².